The van der Waals surface area contributed by atoms with Crippen LogP contribution in [-0.2, 0) is 6.42 Å². The third kappa shape index (κ3) is 3.71. The summed E-state index contributed by atoms with van der Waals surface area (Å²) in [5.74, 6) is 0. The van der Waals surface area contributed by atoms with Gasteiger partial charge in [-0.2, -0.15) is 0 Å². The summed E-state index contributed by atoms with van der Waals surface area (Å²) in [4.78, 5) is 2.84. The van der Waals surface area contributed by atoms with Crippen LogP contribution in [0.15, 0.2) is 36.4 Å². The van der Waals surface area contributed by atoms with Crippen LogP contribution in [0.3, 0.4) is 0 Å². The van der Waals surface area contributed by atoms with Crippen molar-refractivity contribution in [2.45, 2.75) is 46.1 Å². The highest BCUT2D eigenvalue weighted by Gasteiger charge is 2.12. The Balaban J connectivity index is 2.17. The number of aryl methyl sites for hydroxylation is 1. The van der Waals surface area contributed by atoms with Gasteiger partial charge >= 0.3 is 0 Å². The number of thiophene rings is 1. The molecule has 0 aliphatic rings. The Hall–Kier alpha value is -1.12. The normalized spacial score (nSPS) is 12.6. The first-order valence-corrected chi connectivity index (χ1v) is 8.52. The van der Waals surface area contributed by atoms with Gasteiger partial charge in [0.2, 0.25) is 0 Å². The van der Waals surface area contributed by atoms with Crippen LogP contribution in [0.1, 0.15) is 50.1 Å². The minimum Gasteiger partial charge on any atom is -0.310 e. The van der Waals surface area contributed by atoms with Crippen molar-refractivity contribution >= 4 is 11.3 Å². The first-order valence-electron chi connectivity index (χ1n) is 7.70. The molecule has 0 amide bonds. The molecule has 1 aromatic heterocycles. The first kappa shape index (κ1) is 15.3. The molecule has 0 bridgehead atoms. The van der Waals surface area contributed by atoms with Crippen LogP contribution >= 0.6 is 11.3 Å². The van der Waals surface area contributed by atoms with E-state index in [1.165, 1.54) is 33.7 Å². The average Bonchev–Trinajstić information content (AvgIpc) is 2.97. The Bertz CT molecular complexity index is 506. The van der Waals surface area contributed by atoms with Crippen LogP contribution in [0.4, 0.5) is 0 Å². The monoisotopic (exact) mass is 287 g/mol. The van der Waals surface area contributed by atoms with Crippen LogP contribution < -0.4 is 5.32 Å². The molecule has 1 atom stereocenters. The lowest BCUT2D eigenvalue weighted by atomic mass is 10.1. The summed E-state index contributed by atoms with van der Waals surface area (Å²) in [6.07, 6.45) is 3.54. The summed E-state index contributed by atoms with van der Waals surface area (Å²) in [7, 11) is 0. The molecule has 1 N–H and O–H groups in total. The molecule has 1 nitrogen and oxygen atoms in total. The van der Waals surface area contributed by atoms with Gasteiger partial charge in [0.1, 0.15) is 0 Å². The Kier molecular flexibility index (Phi) is 5.81. The van der Waals surface area contributed by atoms with Crippen molar-refractivity contribution in [1.82, 2.24) is 5.32 Å². The zero-order valence-corrected chi connectivity index (χ0v) is 13.6. The van der Waals surface area contributed by atoms with Gasteiger partial charge < -0.3 is 5.32 Å². The van der Waals surface area contributed by atoms with Crippen molar-refractivity contribution in [3.05, 3.63) is 46.8 Å². The maximum absolute atomic E-state index is 3.59. The fourth-order valence-corrected chi connectivity index (χ4v) is 3.60. The Labute approximate surface area is 127 Å². The predicted octanol–water partition coefficient (Wildman–Crippen LogP) is 5.43. The van der Waals surface area contributed by atoms with Gasteiger partial charge in [0.05, 0.1) is 0 Å². The lowest BCUT2D eigenvalue weighted by Crippen LogP contribution is -2.19. The van der Waals surface area contributed by atoms with Gasteiger partial charge in [-0.15, -0.1) is 11.3 Å². The quantitative estimate of drug-likeness (QED) is 0.716. The SMILES string of the molecule is CCCC(NCC)c1ccc(-c2ccc(CC)cc2)s1. The van der Waals surface area contributed by atoms with E-state index < -0.39 is 0 Å². The standard InChI is InChI=1S/C18H25NS/c1-4-7-16(19-6-3)18-13-12-17(20-18)15-10-8-14(5-2)9-11-15/h8-13,16,19H,4-7H2,1-3H3. The highest BCUT2D eigenvalue weighted by Crippen LogP contribution is 2.33. The lowest BCUT2D eigenvalue weighted by Gasteiger charge is -2.15. The lowest BCUT2D eigenvalue weighted by molar-refractivity contribution is 0.516. The molecule has 0 saturated heterocycles. The van der Waals surface area contributed by atoms with Gasteiger partial charge in [-0.25, -0.2) is 0 Å². The van der Waals surface area contributed by atoms with Crippen molar-refractivity contribution in [2.24, 2.45) is 0 Å². The maximum Gasteiger partial charge on any atom is 0.0414 e. The second-order valence-electron chi connectivity index (χ2n) is 5.15. The summed E-state index contributed by atoms with van der Waals surface area (Å²) >= 11 is 1.92. The Morgan fingerprint density at radius 2 is 1.75 bits per heavy atom. The first-order chi connectivity index (χ1) is 9.78. The summed E-state index contributed by atoms with van der Waals surface area (Å²) in [6.45, 7) is 7.66. The zero-order chi connectivity index (χ0) is 14.4. The van der Waals surface area contributed by atoms with Gasteiger partial charge in [0, 0.05) is 15.8 Å². The highest BCUT2D eigenvalue weighted by molar-refractivity contribution is 7.15. The fourth-order valence-electron chi connectivity index (χ4n) is 2.48. The largest absolute Gasteiger partial charge is 0.310 e. The van der Waals surface area contributed by atoms with Crippen molar-refractivity contribution in [3.8, 4) is 10.4 Å². The topological polar surface area (TPSA) is 12.0 Å². The maximum atomic E-state index is 3.59. The molecular weight excluding hydrogens is 262 g/mol. The molecule has 0 radical (unpaired) electrons. The summed E-state index contributed by atoms with van der Waals surface area (Å²) < 4.78 is 0. The number of hydrogen-bond acceptors (Lipinski definition) is 2. The van der Waals surface area contributed by atoms with Gasteiger partial charge in [-0.3, -0.25) is 0 Å². The van der Waals surface area contributed by atoms with E-state index in [-0.39, 0.29) is 0 Å². The average molecular weight is 287 g/mol. The molecule has 1 aromatic carbocycles. The molecule has 20 heavy (non-hydrogen) atoms. The van der Waals surface area contributed by atoms with Crippen LogP contribution in [-0.4, -0.2) is 6.54 Å². The molecule has 1 heterocycles. The van der Waals surface area contributed by atoms with E-state index in [2.05, 4.69) is 62.5 Å². The van der Waals surface area contributed by atoms with Gasteiger partial charge in [-0.05, 0) is 42.6 Å². The van der Waals surface area contributed by atoms with E-state index in [9.17, 15) is 0 Å². The minimum absolute atomic E-state index is 0.513. The third-order valence-corrected chi connectivity index (χ3v) is 4.89. The molecule has 2 aromatic rings. The van der Waals surface area contributed by atoms with E-state index in [1.54, 1.807) is 0 Å². The molecule has 0 fully saturated rings. The molecule has 2 heteroatoms. The second-order valence-corrected chi connectivity index (χ2v) is 6.27. The Morgan fingerprint density at radius 1 is 1.00 bits per heavy atom. The van der Waals surface area contributed by atoms with Crippen LogP contribution in [0.25, 0.3) is 10.4 Å². The number of benzene rings is 1. The van der Waals surface area contributed by atoms with E-state index >= 15 is 0 Å². The number of hydrogen-bond donors (Lipinski definition) is 1. The van der Waals surface area contributed by atoms with E-state index in [0.29, 0.717) is 6.04 Å². The van der Waals surface area contributed by atoms with Gasteiger partial charge in [0.25, 0.3) is 0 Å². The molecule has 108 valence electrons. The Morgan fingerprint density at radius 3 is 2.35 bits per heavy atom. The minimum atomic E-state index is 0.513. The van der Waals surface area contributed by atoms with E-state index in [1.807, 2.05) is 11.3 Å². The van der Waals surface area contributed by atoms with Crippen molar-refractivity contribution in [2.75, 3.05) is 6.54 Å². The molecule has 0 saturated carbocycles. The summed E-state index contributed by atoms with van der Waals surface area (Å²) in [6, 6.07) is 14.0. The van der Waals surface area contributed by atoms with Gasteiger partial charge in [0.15, 0.2) is 0 Å². The molecule has 0 spiro atoms. The molecule has 2 rings (SSSR count). The van der Waals surface area contributed by atoms with Gasteiger partial charge in [-0.1, -0.05) is 51.5 Å². The molecule has 0 aliphatic carbocycles. The second kappa shape index (κ2) is 7.61. The zero-order valence-electron chi connectivity index (χ0n) is 12.8. The van der Waals surface area contributed by atoms with Crippen LogP contribution in [0.2, 0.25) is 0 Å². The van der Waals surface area contributed by atoms with Crippen LogP contribution in [0, 0.1) is 0 Å². The summed E-state index contributed by atoms with van der Waals surface area (Å²) in [5, 5.41) is 3.59. The number of nitrogens with one attached hydrogen (secondary N) is 1. The van der Waals surface area contributed by atoms with Crippen LogP contribution in [0.5, 0.6) is 0 Å². The third-order valence-electron chi connectivity index (χ3n) is 3.64. The van der Waals surface area contributed by atoms with E-state index in [4.69, 9.17) is 0 Å². The molecule has 1 unspecified atom stereocenters. The van der Waals surface area contributed by atoms with Crippen molar-refractivity contribution in [3.63, 3.8) is 0 Å². The summed E-state index contributed by atoms with van der Waals surface area (Å²) in [5.41, 5.74) is 2.74. The molecular formula is C18H25NS. The van der Waals surface area contributed by atoms with E-state index in [0.717, 1.165) is 13.0 Å². The number of rotatable bonds is 7. The fraction of sp³-hybridized carbons (Fsp3) is 0.444. The van der Waals surface area contributed by atoms with Crippen molar-refractivity contribution in [1.29, 1.82) is 0 Å². The highest BCUT2D eigenvalue weighted by atomic mass is 32.1. The smallest absolute Gasteiger partial charge is 0.0414 e. The van der Waals surface area contributed by atoms with Crippen molar-refractivity contribution < 1.29 is 0 Å². The molecule has 0 aliphatic heterocycles. The predicted molar refractivity (Wildman–Crippen MR) is 90.5 cm³/mol.